The monoisotopic (exact) mass is 283 g/mol. The molecule has 0 aromatic heterocycles. The molecule has 0 aliphatic carbocycles. The molecule has 2 atom stereocenters. The molecule has 0 saturated carbocycles. The number of β-amino-alcohol motifs (C(OH)–C–C–N with tert-alkyl or cyclic N) is 1. The lowest BCUT2D eigenvalue weighted by atomic mass is 9.95. The number of aliphatic hydroxyl groups is 1. The van der Waals surface area contributed by atoms with Crippen molar-refractivity contribution in [1.82, 2.24) is 4.90 Å². The second kappa shape index (κ2) is 5.86. The predicted molar refractivity (Wildman–Crippen MR) is 84.0 cm³/mol. The van der Waals surface area contributed by atoms with E-state index < -0.39 is 6.10 Å². The number of aliphatic hydroxyl groups excluding tert-OH is 1. The number of piperidine rings is 1. The molecule has 3 heteroatoms. The summed E-state index contributed by atoms with van der Waals surface area (Å²) in [6.45, 7) is 3.25. The minimum Gasteiger partial charge on any atom is -0.391 e. The zero-order valence-corrected chi connectivity index (χ0v) is 12.3. The molecule has 2 aromatic rings. The Balaban J connectivity index is 1.78. The predicted octanol–water partition coefficient (Wildman–Crippen LogP) is 2.61. The van der Waals surface area contributed by atoms with E-state index in [1.54, 1.807) is 4.90 Å². The first-order chi connectivity index (χ1) is 10.1. The van der Waals surface area contributed by atoms with Gasteiger partial charge in [0.1, 0.15) is 0 Å². The molecule has 3 rings (SSSR count). The van der Waals surface area contributed by atoms with Gasteiger partial charge in [-0.1, -0.05) is 49.4 Å². The number of nitrogens with zero attached hydrogens (tertiary/aromatic N) is 1. The molecule has 0 bridgehead atoms. The maximum Gasteiger partial charge on any atom is 0.227 e. The summed E-state index contributed by atoms with van der Waals surface area (Å²) in [6, 6.07) is 14.2. The second-order valence-corrected chi connectivity index (χ2v) is 5.99. The van der Waals surface area contributed by atoms with Crippen molar-refractivity contribution in [2.24, 2.45) is 5.92 Å². The van der Waals surface area contributed by atoms with E-state index in [4.69, 9.17) is 0 Å². The number of rotatable bonds is 2. The average Bonchev–Trinajstić information content (AvgIpc) is 2.50. The normalized spacial score (nSPS) is 22.5. The van der Waals surface area contributed by atoms with Crippen LogP contribution in [0.2, 0.25) is 0 Å². The summed E-state index contributed by atoms with van der Waals surface area (Å²) >= 11 is 0. The molecule has 1 heterocycles. The van der Waals surface area contributed by atoms with Crippen molar-refractivity contribution in [2.75, 3.05) is 13.1 Å². The van der Waals surface area contributed by atoms with Gasteiger partial charge in [0.15, 0.2) is 0 Å². The smallest absolute Gasteiger partial charge is 0.227 e. The molecular formula is C18H21NO2. The number of benzene rings is 2. The molecule has 3 nitrogen and oxygen atoms in total. The lowest BCUT2D eigenvalue weighted by molar-refractivity contribution is -0.134. The van der Waals surface area contributed by atoms with E-state index in [1.165, 1.54) is 0 Å². The van der Waals surface area contributed by atoms with Crippen molar-refractivity contribution in [3.8, 4) is 0 Å². The first-order valence-electron chi connectivity index (χ1n) is 7.57. The molecule has 1 saturated heterocycles. The maximum absolute atomic E-state index is 12.5. The highest BCUT2D eigenvalue weighted by Crippen LogP contribution is 2.21. The van der Waals surface area contributed by atoms with Gasteiger partial charge in [-0.15, -0.1) is 0 Å². The largest absolute Gasteiger partial charge is 0.391 e. The summed E-state index contributed by atoms with van der Waals surface area (Å²) in [6.07, 6.45) is 0.889. The van der Waals surface area contributed by atoms with Crippen LogP contribution >= 0.6 is 0 Å². The average molecular weight is 283 g/mol. The van der Waals surface area contributed by atoms with Gasteiger partial charge in [-0.25, -0.2) is 0 Å². The van der Waals surface area contributed by atoms with Crippen LogP contribution in [0.1, 0.15) is 18.9 Å². The highest BCUT2D eigenvalue weighted by Gasteiger charge is 2.27. The second-order valence-electron chi connectivity index (χ2n) is 5.99. The van der Waals surface area contributed by atoms with E-state index in [2.05, 4.69) is 18.2 Å². The van der Waals surface area contributed by atoms with Gasteiger partial charge in [0.2, 0.25) is 5.91 Å². The highest BCUT2D eigenvalue weighted by molar-refractivity contribution is 5.90. The molecule has 2 unspecified atom stereocenters. The number of amides is 1. The molecular weight excluding hydrogens is 262 g/mol. The standard InChI is InChI=1S/C18H21NO2/c1-13-9-10-19(12-17(13)20)18(21)11-15-7-4-6-14-5-2-3-8-16(14)15/h2-8,13,17,20H,9-12H2,1H3. The van der Waals surface area contributed by atoms with E-state index in [-0.39, 0.29) is 11.8 Å². The Hall–Kier alpha value is -1.87. The van der Waals surface area contributed by atoms with Crippen molar-refractivity contribution in [1.29, 1.82) is 0 Å². The number of fused-ring (bicyclic) bond motifs is 1. The van der Waals surface area contributed by atoms with Gasteiger partial charge >= 0.3 is 0 Å². The van der Waals surface area contributed by atoms with E-state index in [1.807, 2.05) is 31.2 Å². The quantitative estimate of drug-likeness (QED) is 0.920. The topological polar surface area (TPSA) is 40.5 Å². The van der Waals surface area contributed by atoms with Gasteiger partial charge in [-0.2, -0.15) is 0 Å². The fourth-order valence-corrected chi connectivity index (χ4v) is 3.00. The molecule has 110 valence electrons. The van der Waals surface area contributed by atoms with E-state index in [9.17, 15) is 9.90 Å². The van der Waals surface area contributed by atoms with Gasteiger partial charge in [-0.05, 0) is 28.7 Å². The molecule has 1 aliphatic rings. The molecule has 1 amide bonds. The SMILES string of the molecule is CC1CCN(C(=O)Cc2cccc3ccccc23)CC1O. The van der Waals surface area contributed by atoms with Crippen LogP contribution in [0.5, 0.6) is 0 Å². The van der Waals surface area contributed by atoms with E-state index in [0.29, 0.717) is 13.0 Å². The highest BCUT2D eigenvalue weighted by atomic mass is 16.3. The molecule has 2 aromatic carbocycles. The Labute approximate surface area is 125 Å². The molecule has 1 N–H and O–H groups in total. The zero-order chi connectivity index (χ0) is 14.8. The summed E-state index contributed by atoms with van der Waals surface area (Å²) in [5.74, 6) is 0.393. The van der Waals surface area contributed by atoms with Gasteiger partial charge in [0.05, 0.1) is 12.5 Å². The first kappa shape index (κ1) is 14.1. The van der Waals surface area contributed by atoms with Crippen LogP contribution in [0.25, 0.3) is 10.8 Å². The molecule has 1 aliphatic heterocycles. The van der Waals surface area contributed by atoms with Crippen LogP contribution < -0.4 is 0 Å². The summed E-state index contributed by atoms with van der Waals surface area (Å²) in [5.41, 5.74) is 1.06. The van der Waals surface area contributed by atoms with Crippen LogP contribution in [-0.4, -0.2) is 35.1 Å². The lowest BCUT2D eigenvalue weighted by Gasteiger charge is -2.34. The Morgan fingerprint density at radius 1 is 1.24 bits per heavy atom. The van der Waals surface area contributed by atoms with Crippen LogP contribution in [0.3, 0.4) is 0 Å². The summed E-state index contributed by atoms with van der Waals surface area (Å²) in [4.78, 5) is 14.3. The van der Waals surface area contributed by atoms with Crippen LogP contribution in [-0.2, 0) is 11.2 Å². The van der Waals surface area contributed by atoms with Crippen molar-refractivity contribution in [3.05, 3.63) is 48.0 Å². The van der Waals surface area contributed by atoms with Crippen LogP contribution in [0, 0.1) is 5.92 Å². The molecule has 0 spiro atoms. The first-order valence-corrected chi connectivity index (χ1v) is 7.57. The third-order valence-corrected chi connectivity index (χ3v) is 4.49. The Morgan fingerprint density at radius 3 is 2.81 bits per heavy atom. The van der Waals surface area contributed by atoms with Gasteiger partial charge < -0.3 is 10.0 Å². The fraction of sp³-hybridized carbons (Fsp3) is 0.389. The number of likely N-dealkylation sites (tertiary alicyclic amines) is 1. The fourth-order valence-electron chi connectivity index (χ4n) is 3.00. The van der Waals surface area contributed by atoms with Crippen LogP contribution in [0.15, 0.2) is 42.5 Å². The minimum absolute atomic E-state index is 0.109. The Kier molecular flexibility index (Phi) is 3.93. The van der Waals surface area contributed by atoms with Crippen molar-refractivity contribution < 1.29 is 9.90 Å². The number of carbonyl (C=O) groups is 1. The number of carbonyl (C=O) groups excluding carboxylic acids is 1. The van der Waals surface area contributed by atoms with Crippen molar-refractivity contribution >= 4 is 16.7 Å². The summed E-state index contributed by atoms with van der Waals surface area (Å²) in [5, 5.41) is 12.2. The zero-order valence-electron chi connectivity index (χ0n) is 12.3. The van der Waals surface area contributed by atoms with E-state index >= 15 is 0 Å². The maximum atomic E-state index is 12.5. The molecule has 1 fully saturated rings. The van der Waals surface area contributed by atoms with Gasteiger partial charge in [0, 0.05) is 13.1 Å². The minimum atomic E-state index is -0.393. The lowest BCUT2D eigenvalue weighted by Crippen LogP contribution is -2.46. The third-order valence-electron chi connectivity index (χ3n) is 4.49. The summed E-state index contributed by atoms with van der Waals surface area (Å²) < 4.78 is 0. The van der Waals surface area contributed by atoms with Crippen molar-refractivity contribution in [3.63, 3.8) is 0 Å². The Bertz CT molecular complexity index is 647. The van der Waals surface area contributed by atoms with Crippen LogP contribution in [0.4, 0.5) is 0 Å². The van der Waals surface area contributed by atoms with Gasteiger partial charge in [0.25, 0.3) is 0 Å². The number of hydrogen-bond donors (Lipinski definition) is 1. The summed E-state index contributed by atoms with van der Waals surface area (Å²) in [7, 11) is 0. The van der Waals surface area contributed by atoms with Gasteiger partial charge in [-0.3, -0.25) is 4.79 Å². The molecule has 21 heavy (non-hydrogen) atoms. The number of hydrogen-bond acceptors (Lipinski definition) is 2. The third kappa shape index (κ3) is 2.93. The van der Waals surface area contributed by atoms with E-state index in [0.717, 1.165) is 29.3 Å². The molecule has 0 radical (unpaired) electrons. The Morgan fingerprint density at radius 2 is 2.00 bits per heavy atom. The van der Waals surface area contributed by atoms with Crippen molar-refractivity contribution in [2.45, 2.75) is 25.9 Å².